The molecule has 158 valence electrons. The predicted molar refractivity (Wildman–Crippen MR) is 126 cm³/mol. The second-order valence-corrected chi connectivity index (χ2v) is 7.54. The van der Waals surface area contributed by atoms with Gasteiger partial charge in [-0.1, -0.05) is 72.3 Å². The Balaban J connectivity index is 1.50. The van der Waals surface area contributed by atoms with Crippen molar-refractivity contribution in [3.63, 3.8) is 0 Å². The normalized spacial score (nSPS) is 11.1. The molecule has 0 fully saturated rings. The van der Waals surface area contributed by atoms with E-state index in [-0.39, 0.29) is 24.7 Å². The number of anilines is 1. The fraction of sp³-hybridized carbons (Fsp3) is 0.160. The molecule has 3 aromatic rings. The number of hydrogen-bond donors (Lipinski definition) is 2. The van der Waals surface area contributed by atoms with Crippen LogP contribution in [0.2, 0.25) is 5.02 Å². The topological polar surface area (TPSA) is 70.6 Å². The minimum Gasteiger partial charge on any atom is -0.326 e. The first kappa shape index (κ1) is 22.2. The highest BCUT2D eigenvalue weighted by Crippen LogP contribution is 2.23. The van der Waals surface area contributed by atoms with Gasteiger partial charge in [-0.15, -0.1) is 0 Å². The Morgan fingerprint density at radius 1 is 0.839 bits per heavy atom. The van der Waals surface area contributed by atoms with Crippen molar-refractivity contribution in [3.05, 3.63) is 88.9 Å². The number of rotatable bonds is 7. The van der Waals surface area contributed by atoms with E-state index >= 15 is 0 Å². The van der Waals surface area contributed by atoms with Crippen LogP contribution in [0, 0.1) is 6.92 Å². The average Bonchev–Trinajstić information content (AvgIpc) is 2.80. The number of nitrogens with zero attached hydrogens (tertiary/aromatic N) is 1. The van der Waals surface area contributed by atoms with E-state index < -0.39 is 0 Å². The maximum atomic E-state index is 12.1. The molecular weight excluding hydrogens is 410 g/mol. The first-order chi connectivity index (χ1) is 14.9. The first-order valence-corrected chi connectivity index (χ1v) is 10.4. The van der Waals surface area contributed by atoms with Crippen molar-refractivity contribution < 1.29 is 9.59 Å². The lowest BCUT2D eigenvalue weighted by Gasteiger charge is -2.09. The first-order valence-electron chi connectivity index (χ1n) is 9.98. The summed E-state index contributed by atoms with van der Waals surface area (Å²) in [5.74, 6) is -0.573. The lowest BCUT2D eigenvalue weighted by atomic mass is 10.0. The summed E-state index contributed by atoms with van der Waals surface area (Å²) >= 11 is 6.06. The third-order valence-corrected chi connectivity index (χ3v) is 5.29. The van der Waals surface area contributed by atoms with Crippen LogP contribution in [0.5, 0.6) is 0 Å². The van der Waals surface area contributed by atoms with Crippen LogP contribution in [0.25, 0.3) is 11.1 Å². The van der Waals surface area contributed by atoms with E-state index in [9.17, 15) is 9.59 Å². The lowest BCUT2D eigenvalue weighted by Crippen LogP contribution is -2.22. The highest BCUT2D eigenvalue weighted by Gasteiger charge is 2.09. The van der Waals surface area contributed by atoms with E-state index in [1.165, 1.54) is 0 Å². The molecule has 0 radical (unpaired) electrons. The van der Waals surface area contributed by atoms with E-state index in [0.29, 0.717) is 16.4 Å². The van der Waals surface area contributed by atoms with Crippen molar-refractivity contribution >= 4 is 34.8 Å². The van der Waals surface area contributed by atoms with Crippen molar-refractivity contribution in [2.45, 2.75) is 26.7 Å². The minimum absolute atomic E-state index is 0.0369. The Hall–Kier alpha value is -3.44. The molecule has 3 rings (SSSR count). The Morgan fingerprint density at radius 2 is 1.48 bits per heavy atom. The van der Waals surface area contributed by atoms with Gasteiger partial charge in [-0.25, -0.2) is 5.43 Å². The summed E-state index contributed by atoms with van der Waals surface area (Å²) in [5.41, 5.74) is 7.80. The zero-order valence-corrected chi connectivity index (χ0v) is 18.2. The largest absolute Gasteiger partial charge is 0.326 e. The van der Waals surface area contributed by atoms with Gasteiger partial charge < -0.3 is 5.32 Å². The Labute approximate surface area is 187 Å². The number of carbonyl (C=O) groups is 2. The SMILES string of the molecule is C/C(=N\NC(=O)CCC(=O)Nc1cccc(Cl)c1C)c1ccc(-c2ccccc2)cc1. The standard InChI is InChI=1S/C25H24ClN3O2/c1-17-22(26)9-6-10-23(17)27-24(30)15-16-25(31)29-28-18(2)19-11-13-21(14-12-19)20-7-4-3-5-8-20/h3-14H,15-16H2,1-2H3,(H,27,30)(H,29,31)/b28-18+. The molecule has 0 spiro atoms. The molecule has 31 heavy (non-hydrogen) atoms. The van der Waals surface area contributed by atoms with E-state index in [2.05, 4.69) is 28.0 Å². The van der Waals surface area contributed by atoms with Crippen LogP contribution in [0.15, 0.2) is 77.9 Å². The predicted octanol–water partition coefficient (Wildman–Crippen LogP) is 5.57. The second kappa shape index (κ2) is 10.5. The number of amides is 2. The lowest BCUT2D eigenvalue weighted by molar-refractivity contribution is -0.124. The highest BCUT2D eigenvalue weighted by molar-refractivity contribution is 6.31. The van der Waals surface area contributed by atoms with Gasteiger partial charge in [0.05, 0.1) is 5.71 Å². The van der Waals surface area contributed by atoms with Crippen molar-refractivity contribution in [1.29, 1.82) is 0 Å². The second-order valence-electron chi connectivity index (χ2n) is 7.14. The van der Waals surface area contributed by atoms with Crippen LogP contribution in [0.3, 0.4) is 0 Å². The van der Waals surface area contributed by atoms with Crippen LogP contribution in [0.1, 0.15) is 30.9 Å². The van der Waals surface area contributed by atoms with Gasteiger partial charge in [-0.2, -0.15) is 5.10 Å². The summed E-state index contributed by atoms with van der Waals surface area (Å²) in [5, 5.41) is 7.51. The molecule has 0 bridgehead atoms. The third kappa shape index (κ3) is 6.27. The number of halogens is 1. The zero-order valence-electron chi connectivity index (χ0n) is 17.5. The van der Waals surface area contributed by atoms with E-state index in [1.807, 2.05) is 56.3 Å². The van der Waals surface area contributed by atoms with Gasteiger partial charge in [0, 0.05) is 23.6 Å². The number of benzene rings is 3. The average molecular weight is 434 g/mol. The molecule has 2 amide bonds. The van der Waals surface area contributed by atoms with Crippen molar-refractivity contribution in [1.82, 2.24) is 5.43 Å². The molecule has 0 unspecified atom stereocenters. The Morgan fingerprint density at radius 3 is 2.19 bits per heavy atom. The molecule has 0 aliphatic rings. The van der Waals surface area contributed by atoms with Gasteiger partial charge in [-0.05, 0) is 48.2 Å². The molecule has 3 aromatic carbocycles. The quantitative estimate of drug-likeness (QED) is 0.377. The number of carbonyl (C=O) groups excluding carboxylic acids is 2. The van der Waals surface area contributed by atoms with Crippen molar-refractivity contribution in [2.75, 3.05) is 5.32 Å². The molecule has 0 saturated carbocycles. The van der Waals surface area contributed by atoms with Gasteiger partial charge in [0.1, 0.15) is 0 Å². The molecule has 6 heteroatoms. The van der Waals surface area contributed by atoms with E-state index in [4.69, 9.17) is 11.6 Å². The van der Waals surface area contributed by atoms with Gasteiger partial charge in [0.15, 0.2) is 0 Å². The van der Waals surface area contributed by atoms with Gasteiger partial charge >= 0.3 is 0 Å². The third-order valence-electron chi connectivity index (χ3n) is 4.88. The summed E-state index contributed by atoms with van der Waals surface area (Å²) < 4.78 is 0. The highest BCUT2D eigenvalue weighted by atomic mass is 35.5. The van der Waals surface area contributed by atoms with E-state index in [0.717, 1.165) is 22.3 Å². The summed E-state index contributed by atoms with van der Waals surface area (Å²) in [6, 6.07) is 23.4. The maximum Gasteiger partial charge on any atom is 0.240 e. The molecule has 0 heterocycles. The molecule has 0 aliphatic carbocycles. The molecule has 5 nitrogen and oxygen atoms in total. The molecular formula is C25H24ClN3O2. The molecule has 0 aromatic heterocycles. The van der Waals surface area contributed by atoms with Crippen LogP contribution in [-0.4, -0.2) is 17.5 Å². The van der Waals surface area contributed by atoms with Crippen molar-refractivity contribution in [2.24, 2.45) is 5.10 Å². The fourth-order valence-electron chi connectivity index (χ4n) is 2.98. The molecule has 0 saturated heterocycles. The van der Waals surface area contributed by atoms with Gasteiger partial charge in [-0.3, -0.25) is 9.59 Å². The maximum absolute atomic E-state index is 12.1. The molecule has 2 N–H and O–H groups in total. The minimum atomic E-state index is -0.321. The zero-order chi connectivity index (χ0) is 22.2. The van der Waals surface area contributed by atoms with Crippen molar-refractivity contribution in [3.8, 4) is 11.1 Å². The van der Waals surface area contributed by atoms with Crippen LogP contribution < -0.4 is 10.7 Å². The van der Waals surface area contributed by atoms with Gasteiger partial charge in [0.25, 0.3) is 0 Å². The molecule has 0 aliphatic heterocycles. The summed E-state index contributed by atoms with van der Waals surface area (Å²) in [4.78, 5) is 24.2. The van der Waals surface area contributed by atoms with Crippen LogP contribution >= 0.6 is 11.6 Å². The number of hydrazone groups is 1. The Kier molecular flexibility index (Phi) is 7.57. The van der Waals surface area contributed by atoms with E-state index in [1.54, 1.807) is 18.2 Å². The van der Waals surface area contributed by atoms with Crippen LogP contribution in [0.4, 0.5) is 5.69 Å². The number of nitrogens with one attached hydrogen (secondary N) is 2. The summed E-state index contributed by atoms with van der Waals surface area (Å²) in [6.07, 6.45) is 0.0906. The summed E-state index contributed by atoms with van der Waals surface area (Å²) in [6.45, 7) is 3.65. The summed E-state index contributed by atoms with van der Waals surface area (Å²) in [7, 11) is 0. The smallest absolute Gasteiger partial charge is 0.240 e. The molecule has 0 atom stereocenters. The fourth-order valence-corrected chi connectivity index (χ4v) is 3.16. The van der Waals surface area contributed by atoms with Crippen LogP contribution in [-0.2, 0) is 9.59 Å². The monoisotopic (exact) mass is 433 g/mol. The Bertz CT molecular complexity index is 1090. The number of hydrogen-bond acceptors (Lipinski definition) is 3. The van der Waals surface area contributed by atoms with Gasteiger partial charge in [0.2, 0.25) is 11.8 Å².